The van der Waals surface area contributed by atoms with Crippen LogP contribution in [0.3, 0.4) is 0 Å². The molecular weight excluding hydrogens is 168 g/mol. The highest BCUT2D eigenvalue weighted by Crippen LogP contribution is 2.35. The topological polar surface area (TPSA) is 0 Å². The Morgan fingerprint density at radius 3 is 1.64 bits per heavy atom. The molecule has 0 aromatic carbocycles. The molecule has 0 aromatic heterocycles. The van der Waals surface area contributed by atoms with Gasteiger partial charge in [0.05, 0.1) is 0 Å². The Morgan fingerprint density at radius 2 is 1.36 bits per heavy atom. The van der Waals surface area contributed by atoms with Crippen molar-refractivity contribution in [3.63, 3.8) is 0 Å². The van der Waals surface area contributed by atoms with Crippen LogP contribution in [0.4, 0.5) is 0 Å². The molecule has 0 aliphatic rings. The quantitative estimate of drug-likeness (QED) is 0.591. The van der Waals surface area contributed by atoms with E-state index in [0.717, 1.165) is 5.92 Å². The maximum absolute atomic E-state index is 2.37. The van der Waals surface area contributed by atoms with Gasteiger partial charge in [0, 0.05) is 0 Å². The molecular formula is C14H29. The molecule has 85 valence electrons. The Bertz CT molecular complexity index is 134. The van der Waals surface area contributed by atoms with Crippen molar-refractivity contribution in [2.24, 2.45) is 16.7 Å². The van der Waals surface area contributed by atoms with Crippen LogP contribution in [0.25, 0.3) is 0 Å². The van der Waals surface area contributed by atoms with Crippen molar-refractivity contribution in [3.05, 3.63) is 5.92 Å². The van der Waals surface area contributed by atoms with Crippen LogP contribution in [0, 0.1) is 22.7 Å². The highest BCUT2D eigenvalue weighted by molar-refractivity contribution is 4.94. The van der Waals surface area contributed by atoms with Crippen LogP contribution in [0.2, 0.25) is 0 Å². The van der Waals surface area contributed by atoms with Gasteiger partial charge in [0.15, 0.2) is 0 Å². The van der Waals surface area contributed by atoms with Crippen molar-refractivity contribution < 1.29 is 0 Å². The predicted molar refractivity (Wildman–Crippen MR) is 66.2 cm³/mol. The highest BCUT2D eigenvalue weighted by Gasteiger charge is 2.23. The second-order valence-electron chi connectivity index (χ2n) is 7.25. The molecule has 0 aliphatic carbocycles. The first kappa shape index (κ1) is 14.0. The van der Waals surface area contributed by atoms with Crippen molar-refractivity contribution in [1.82, 2.24) is 0 Å². The van der Waals surface area contributed by atoms with Gasteiger partial charge in [-0.3, -0.25) is 0 Å². The summed E-state index contributed by atoms with van der Waals surface area (Å²) in [6, 6.07) is 0. The first-order chi connectivity index (χ1) is 6.01. The minimum Gasteiger partial charge on any atom is -0.0619 e. The Labute approximate surface area is 91.5 Å². The van der Waals surface area contributed by atoms with E-state index in [0.29, 0.717) is 10.8 Å². The molecule has 0 N–H and O–H groups in total. The molecule has 0 aliphatic heterocycles. The fraction of sp³-hybridized carbons (Fsp3) is 0.929. The second kappa shape index (κ2) is 4.68. The molecule has 0 spiro atoms. The summed E-state index contributed by atoms with van der Waals surface area (Å²) in [7, 11) is 0. The van der Waals surface area contributed by atoms with Gasteiger partial charge in [-0.1, -0.05) is 55.4 Å². The number of rotatable bonds is 3. The molecule has 0 rings (SSSR count). The van der Waals surface area contributed by atoms with Crippen molar-refractivity contribution in [1.29, 1.82) is 0 Å². The summed E-state index contributed by atoms with van der Waals surface area (Å²) < 4.78 is 0. The van der Waals surface area contributed by atoms with Gasteiger partial charge in [0.1, 0.15) is 0 Å². The first-order valence-corrected chi connectivity index (χ1v) is 5.83. The summed E-state index contributed by atoms with van der Waals surface area (Å²) >= 11 is 0. The van der Waals surface area contributed by atoms with E-state index >= 15 is 0 Å². The third-order valence-corrected chi connectivity index (χ3v) is 2.57. The van der Waals surface area contributed by atoms with Gasteiger partial charge in [-0.25, -0.2) is 0 Å². The normalized spacial score (nSPS) is 16.1. The van der Waals surface area contributed by atoms with Gasteiger partial charge in [0.25, 0.3) is 0 Å². The summed E-state index contributed by atoms with van der Waals surface area (Å²) in [6.45, 7) is 18.6. The molecule has 0 heterocycles. The van der Waals surface area contributed by atoms with Crippen molar-refractivity contribution >= 4 is 0 Å². The fourth-order valence-electron chi connectivity index (χ4n) is 2.10. The number of hydrogen-bond donors (Lipinski definition) is 0. The van der Waals surface area contributed by atoms with E-state index in [1.165, 1.54) is 12.8 Å². The summed E-state index contributed by atoms with van der Waals surface area (Å²) in [5.74, 6) is 2.42. The summed E-state index contributed by atoms with van der Waals surface area (Å²) in [4.78, 5) is 0. The smallest absolute Gasteiger partial charge is 0.0238 e. The summed E-state index contributed by atoms with van der Waals surface area (Å²) in [5, 5.41) is 0. The average molecular weight is 197 g/mol. The molecule has 0 fully saturated rings. The van der Waals surface area contributed by atoms with Crippen LogP contribution in [-0.2, 0) is 0 Å². The van der Waals surface area contributed by atoms with E-state index in [4.69, 9.17) is 0 Å². The summed E-state index contributed by atoms with van der Waals surface area (Å²) in [5.41, 5.74) is 0.898. The second-order valence-corrected chi connectivity index (χ2v) is 7.25. The Kier molecular flexibility index (Phi) is 4.68. The van der Waals surface area contributed by atoms with Crippen LogP contribution in [0.15, 0.2) is 0 Å². The van der Waals surface area contributed by atoms with Crippen LogP contribution in [0.5, 0.6) is 0 Å². The molecule has 1 atom stereocenters. The number of hydrogen-bond acceptors (Lipinski definition) is 0. The molecule has 0 saturated carbocycles. The molecule has 0 aromatic rings. The van der Waals surface area contributed by atoms with Gasteiger partial charge in [-0.15, -0.1) is 0 Å². The molecule has 14 heavy (non-hydrogen) atoms. The lowest BCUT2D eigenvalue weighted by molar-refractivity contribution is 0.283. The van der Waals surface area contributed by atoms with Crippen molar-refractivity contribution in [2.45, 2.75) is 68.2 Å². The molecule has 0 saturated heterocycles. The standard InChI is InChI=1S/C14H29/c1-11(9-13(3,4)5)12(2)10-14(6,7)8/h11H,9-10H2,1-8H3. The Morgan fingerprint density at radius 1 is 0.929 bits per heavy atom. The van der Waals surface area contributed by atoms with E-state index < -0.39 is 0 Å². The predicted octanol–water partition coefficient (Wildman–Crippen LogP) is 5.09. The molecule has 1 radical (unpaired) electrons. The maximum Gasteiger partial charge on any atom is -0.0238 e. The zero-order valence-corrected chi connectivity index (χ0v) is 11.5. The van der Waals surface area contributed by atoms with E-state index in [2.05, 4.69) is 55.4 Å². The van der Waals surface area contributed by atoms with Gasteiger partial charge in [-0.2, -0.15) is 0 Å². The maximum atomic E-state index is 2.37. The van der Waals surface area contributed by atoms with Gasteiger partial charge in [0.2, 0.25) is 0 Å². The third-order valence-electron chi connectivity index (χ3n) is 2.57. The summed E-state index contributed by atoms with van der Waals surface area (Å²) in [6.07, 6.45) is 2.55. The van der Waals surface area contributed by atoms with E-state index in [9.17, 15) is 0 Å². The van der Waals surface area contributed by atoms with Crippen molar-refractivity contribution in [2.75, 3.05) is 0 Å². The van der Waals surface area contributed by atoms with Crippen LogP contribution in [0.1, 0.15) is 68.2 Å². The largest absolute Gasteiger partial charge is 0.0619 e. The van der Waals surface area contributed by atoms with Crippen LogP contribution in [-0.4, -0.2) is 0 Å². The zero-order valence-electron chi connectivity index (χ0n) is 11.5. The van der Waals surface area contributed by atoms with Gasteiger partial charge < -0.3 is 0 Å². The van der Waals surface area contributed by atoms with Crippen LogP contribution < -0.4 is 0 Å². The highest BCUT2D eigenvalue weighted by atomic mass is 14.3. The van der Waals surface area contributed by atoms with Crippen molar-refractivity contribution in [3.8, 4) is 0 Å². The molecule has 0 amide bonds. The average Bonchev–Trinajstić information content (AvgIpc) is 1.78. The third kappa shape index (κ3) is 7.41. The molecule has 0 nitrogen and oxygen atoms in total. The van der Waals surface area contributed by atoms with E-state index in [1.54, 1.807) is 5.92 Å². The van der Waals surface area contributed by atoms with E-state index in [-0.39, 0.29) is 0 Å². The van der Waals surface area contributed by atoms with Gasteiger partial charge >= 0.3 is 0 Å². The lowest BCUT2D eigenvalue weighted by atomic mass is 9.74. The SMILES string of the molecule is C[C](CC(C)(C)C)C(C)CC(C)(C)C. The first-order valence-electron chi connectivity index (χ1n) is 5.83. The van der Waals surface area contributed by atoms with E-state index in [1.807, 2.05) is 0 Å². The molecule has 1 unspecified atom stereocenters. The Balaban J connectivity index is 4.07. The Hall–Kier alpha value is 0. The zero-order chi connectivity index (χ0) is 11.6. The molecule has 0 bridgehead atoms. The lowest BCUT2D eigenvalue weighted by Crippen LogP contribution is -2.19. The minimum atomic E-state index is 0.441. The van der Waals surface area contributed by atoms with Crippen LogP contribution >= 0.6 is 0 Å². The monoisotopic (exact) mass is 197 g/mol. The molecule has 0 heteroatoms. The van der Waals surface area contributed by atoms with Gasteiger partial charge in [-0.05, 0) is 35.5 Å². The lowest BCUT2D eigenvalue weighted by Gasteiger charge is -2.31. The fourth-order valence-corrected chi connectivity index (χ4v) is 2.10. The minimum absolute atomic E-state index is 0.441.